The van der Waals surface area contributed by atoms with Crippen LogP contribution in [0.15, 0.2) is 60.7 Å². The van der Waals surface area contributed by atoms with Gasteiger partial charge in [0.1, 0.15) is 11.5 Å². The van der Waals surface area contributed by atoms with Crippen molar-refractivity contribution in [1.82, 2.24) is 0 Å². The minimum absolute atomic E-state index is 0.207. The molecule has 0 bridgehead atoms. The van der Waals surface area contributed by atoms with E-state index in [1.54, 1.807) is 24.3 Å². The number of carbonyl (C=O) groups excluding carboxylic acids is 2. The standard InChI is InChI=1S/C24H22O4/c1-15-7-5-9-17(11-15)23(25)19-13-20(22(28-4)14-21(19)27-3)24(26)18-10-6-8-16(2)12-18/h5-14H,1-4H3. The summed E-state index contributed by atoms with van der Waals surface area (Å²) in [5.41, 5.74) is 3.69. The second-order valence-electron chi connectivity index (χ2n) is 6.65. The summed E-state index contributed by atoms with van der Waals surface area (Å²) in [6.07, 6.45) is 0. The monoisotopic (exact) mass is 374 g/mol. The maximum Gasteiger partial charge on any atom is 0.196 e. The summed E-state index contributed by atoms with van der Waals surface area (Å²) in [5.74, 6) is 0.316. The Bertz CT molecular complexity index is 969. The molecule has 3 aromatic carbocycles. The van der Waals surface area contributed by atoms with E-state index < -0.39 is 0 Å². The molecule has 3 rings (SSSR count). The number of methoxy groups -OCH3 is 2. The summed E-state index contributed by atoms with van der Waals surface area (Å²) in [6.45, 7) is 3.85. The molecule has 0 amide bonds. The zero-order valence-corrected chi connectivity index (χ0v) is 16.4. The molecule has 0 spiro atoms. The van der Waals surface area contributed by atoms with Crippen molar-refractivity contribution in [1.29, 1.82) is 0 Å². The average molecular weight is 374 g/mol. The Labute approximate surface area is 164 Å². The predicted octanol–water partition coefficient (Wildman–Crippen LogP) is 4.78. The van der Waals surface area contributed by atoms with E-state index in [2.05, 4.69) is 0 Å². The fourth-order valence-corrected chi connectivity index (χ4v) is 3.14. The smallest absolute Gasteiger partial charge is 0.196 e. The van der Waals surface area contributed by atoms with Gasteiger partial charge in [0.05, 0.1) is 25.3 Å². The van der Waals surface area contributed by atoms with Crippen molar-refractivity contribution >= 4 is 11.6 Å². The molecule has 0 aliphatic rings. The largest absolute Gasteiger partial charge is 0.496 e. The van der Waals surface area contributed by atoms with Gasteiger partial charge in [0.15, 0.2) is 11.6 Å². The molecule has 0 saturated heterocycles. The van der Waals surface area contributed by atoms with Gasteiger partial charge in [-0.1, -0.05) is 47.5 Å². The van der Waals surface area contributed by atoms with Crippen LogP contribution in [0.2, 0.25) is 0 Å². The van der Waals surface area contributed by atoms with Crippen molar-refractivity contribution in [3.8, 4) is 11.5 Å². The molecule has 0 atom stereocenters. The Kier molecular flexibility index (Phi) is 5.59. The van der Waals surface area contributed by atoms with Crippen LogP contribution in [0.4, 0.5) is 0 Å². The van der Waals surface area contributed by atoms with Crippen LogP contribution in [0.3, 0.4) is 0 Å². The molecule has 0 saturated carbocycles. The minimum atomic E-state index is -0.207. The number of rotatable bonds is 6. The molecule has 28 heavy (non-hydrogen) atoms. The van der Waals surface area contributed by atoms with Crippen molar-refractivity contribution in [3.05, 3.63) is 94.0 Å². The van der Waals surface area contributed by atoms with E-state index in [1.165, 1.54) is 14.2 Å². The van der Waals surface area contributed by atoms with Crippen molar-refractivity contribution < 1.29 is 19.1 Å². The number of ether oxygens (including phenoxy) is 2. The van der Waals surface area contributed by atoms with Crippen LogP contribution in [0, 0.1) is 13.8 Å². The van der Waals surface area contributed by atoms with E-state index in [-0.39, 0.29) is 11.6 Å². The van der Waals surface area contributed by atoms with Crippen molar-refractivity contribution in [2.24, 2.45) is 0 Å². The van der Waals surface area contributed by atoms with E-state index in [0.717, 1.165) is 11.1 Å². The predicted molar refractivity (Wildman–Crippen MR) is 109 cm³/mol. The SMILES string of the molecule is COc1cc(OC)c(C(=O)c2cccc(C)c2)cc1C(=O)c1cccc(C)c1. The summed E-state index contributed by atoms with van der Waals surface area (Å²) >= 11 is 0. The normalized spacial score (nSPS) is 10.4. The number of hydrogen-bond acceptors (Lipinski definition) is 4. The maximum atomic E-state index is 13.1. The maximum absolute atomic E-state index is 13.1. The minimum Gasteiger partial charge on any atom is -0.496 e. The van der Waals surface area contributed by atoms with E-state index in [9.17, 15) is 9.59 Å². The molecule has 142 valence electrons. The van der Waals surface area contributed by atoms with Gasteiger partial charge in [0, 0.05) is 17.2 Å². The first-order chi connectivity index (χ1) is 13.4. The number of ketones is 2. The summed E-state index contributed by atoms with van der Waals surface area (Å²) in [4.78, 5) is 26.2. The van der Waals surface area contributed by atoms with Crippen LogP contribution in [-0.2, 0) is 0 Å². The highest BCUT2D eigenvalue weighted by atomic mass is 16.5. The van der Waals surface area contributed by atoms with Gasteiger partial charge >= 0.3 is 0 Å². The third kappa shape index (κ3) is 3.81. The quantitative estimate of drug-likeness (QED) is 0.583. The van der Waals surface area contributed by atoms with Gasteiger partial charge in [-0.05, 0) is 32.0 Å². The average Bonchev–Trinajstić information content (AvgIpc) is 2.71. The summed E-state index contributed by atoms with van der Waals surface area (Å²) in [5, 5.41) is 0. The highest BCUT2D eigenvalue weighted by Crippen LogP contribution is 2.32. The first-order valence-electron chi connectivity index (χ1n) is 8.93. The second-order valence-corrected chi connectivity index (χ2v) is 6.65. The van der Waals surface area contributed by atoms with Crippen molar-refractivity contribution in [2.75, 3.05) is 14.2 Å². The first kappa shape index (κ1) is 19.4. The van der Waals surface area contributed by atoms with E-state index >= 15 is 0 Å². The zero-order chi connectivity index (χ0) is 20.3. The zero-order valence-electron chi connectivity index (χ0n) is 16.4. The van der Waals surface area contributed by atoms with Crippen LogP contribution in [0.5, 0.6) is 11.5 Å². The first-order valence-corrected chi connectivity index (χ1v) is 8.93. The van der Waals surface area contributed by atoms with Gasteiger partial charge < -0.3 is 9.47 Å². The van der Waals surface area contributed by atoms with Crippen molar-refractivity contribution in [2.45, 2.75) is 13.8 Å². The second kappa shape index (κ2) is 8.09. The number of carbonyl (C=O) groups is 2. The highest BCUT2D eigenvalue weighted by Gasteiger charge is 2.22. The number of aryl methyl sites for hydroxylation is 2. The van der Waals surface area contributed by atoms with Crippen LogP contribution in [0.25, 0.3) is 0 Å². The van der Waals surface area contributed by atoms with Crippen LogP contribution in [0.1, 0.15) is 43.0 Å². The molecule has 0 heterocycles. The lowest BCUT2D eigenvalue weighted by atomic mass is 9.95. The Hall–Kier alpha value is -3.40. The van der Waals surface area contributed by atoms with E-state index in [4.69, 9.17) is 9.47 Å². The lowest BCUT2D eigenvalue weighted by molar-refractivity contribution is 0.103. The van der Waals surface area contributed by atoms with Crippen LogP contribution < -0.4 is 9.47 Å². The summed E-state index contributed by atoms with van der Waals surface area (Å²) < 4.78 is 10.8. The fourth-order valence-electron chi connectivity index (χ4n) is 3.14. The number of hydrogen-bond donors (Lipinski definition) is 0. The summed E-state index contributed by atoms with van der Waals surface area (Å²) in [6, 6.07) is 17.8. The Morgan fingerprint density at radius 2 is 1.07 bits per heavy atom. The molecule has 0 aliphatic heterocycles. The molecule has 3 aromatic rings. The molecule has 0 aliphatic carbocycles. The van der Waals surface area contributed by atoms with Crippen molar-refractivity contribution in [3.63, 3.8) is 0 Å². The molecule has 4 heteroatoms. The van der Waals surface area contributed by atoms with Gasteiger partial charge in [-0.25, -0.2) is 0 Å². The van der Waals surface area contributed by atoms with Gasteiger partial charge in [0.2, 0.25) is 0 Å². The van der Waals surface area contributed by atoms with Crippen LogP contribution in [-0.4, -0.2) is 25.8 Å². The molecule has 0 radical (unpaired) electrons. The third-order valence-corrected chi connectivity index (χ3v) is 4.57. The number of benzene rings is 3. The highest BCUT2D eigenvalue weighted by molar-refractivity contribution is 6.15. The van der Waals surface area contributed by atoms with E-state index in [0.29, 0.717) is 33.8 Å². The Balaban J connectivity index is 2.14. The Morgan fingerprint density at radius 1 is 0.643 bits per heavy atom. The molecule has 0 aromatic heterocycles. The van der Waals surface area contributed by atoms with Gasteiger partial charge in [-0.3, -0.25) is 9.59 Å². The van der Waals surface area contributed by atoms with E-state index in [1.807, 2.05) is 50.2 Å². The van der Waals surface area contributed by atoms with Gasteiger partial charge in [-0.15, -0.1) is 0 Å². The molecule has 0 unspecified atom stereocenters. The topological polar surface area (TPSA) is 52.6 Å². The lowest BCUT2D eigenvalue weighted by Crippen LogP contribution is -2.10. The molecular weight excluding hydrogens is 352 g/mol. The summed E-state index contributed by atoms with van der Waals surface area (Å²) in [7, 11) is 2.98. The molecule has 0 N–H and O–H groups in total. The van der Waals surface area contributed by atoms with Crippen LogP contribution >= 0.6 is 0 Å². The van der Waals surface area contributed by atoms with Gasteiger partial charge in [-0.2, -0.15) is 0 Å². The Morgan fingerprint density at radius 3 is 1.43 bits per heavy atom. The molecule has 0 fully saturated rings. The fraction of sp³-hybridized carbons (Fsp3) is 0.167. The third-order valence-electron chi connectivity index (χ3n) is 4.57. The molecular formula is C24H22O4. The molecule has 4 nitrogen and oxygen atoms in total. The lowest BCUT2D eigenvalue weighted by Gasteiger charge is -2.14. The van der Waals surface area contributed by atoms with Gasteiger partial charge in [0.25, 0.3) is 0 Å².